The van der Waals surface area contributed by atoms with E-state index >= 15 is 0 Å². The maximum atomic E-state index is 11.8. The fourth-order valence-corrected chi connectivity index (χ4v) is 1.95. The van der Waals surface area contributed by atoms with Crippen LogP contribution in [0.5, 0.6) is 0 Å². The zero-order valence-corrected chi connectivity index (χ0v) is 10.5. The molecule has 96 valence electrons. The second-order valence-corrected chi connectivity index (χ2v) is 4.44. The molecule has 0 atom stereocenters. The van der Waals surface area contributed by atoms with Crippen LogP contribution >= 0.6 is 11.6 Å². The normalized spacial score (nSPS) is 15.3. The summed E-state index contributed by atoms with van der Waals surface area (Å²) in [5.74, 6) is -1.13. The lowest BCUT2D eigenvalue weighted by atomic mass is 10.3. The van der Waals surface area contributed by atoms with Gasteiger partial charge >= 0.3 is 11.8 Å². The fourth-order valence-electron chi connectivity index (χ4n) is 1.76. The van der Waals surface area contributed by atoms with Gasteiger partial charge in [-0.05, 0) is 18.2 Å². The van der Waals surface area contributed by atoms with Gasteiger partial charge in [-0.25, -0.2) is 0 Å². The number of hydrogen-bond donors (Lipinski definition) is 2. The summed E-state index contributed by atoms with van der Waals surface area (Å²) in [7, 11) is 0. The quantitative estimate of drug-likeness (QED) is 0.737. The first-order chi connectivity index (χ1) is 8.66. The van der Waals surface area contributed by atoms with Crippen molar-refractivity contribution in [3.63, 3.8) is 0 Å². The second kappa shape index (κ2) is 5.84. The number of nitrogens with one attached hydrogen (secondary N) is 2. The third-order valence-corrected chi connectivity index (χ3v) is 2.92. The first-order valence-electron chi connectivity index (χ1n) is 5.73. The number of rotatable bonds is 1. The number of carbonyl (C=O) groups is 2. The number of carbonyl (C=O) groups excluding carboxylic acids is 2. The Labute approximate surface area is 110 Å². The maximum Gasteiger partial charge on any atom is 0.313 e. The molecule has 18 heavy (non-hydrogen) atoms. The fraction of sp³-hybridized carbons (Fsp3) is 0.333. The summed E-state index contributed by atoms with van der Waals surface area (Å²) in [4.78, 5) is 25.1. The first-order valence-corrected chi connectivity index (χ1v) is 6.11. The lowest BCUT2D eigenvalue weighted by Crippen LogP contribution is -2.49. The van der Waals surface area contributed by atoms with Crippen molar-refractivity contribution in [2.75, 3.05) is 31.5 Å². The SMILES string of the molecule is O=C(Nc1cccc(Cl)c1)C(=O)N1CCNCC1. The van der Waals surface area contributed by atoms with E-state index in [0.29, 0.717) is 23.8 Å². The zero-order chi connectivity index (χ0) is 13.0. The summed E-state index contributed by atoms with van der Waals surface area (Å²) in [6.45, 7) is 2.55. The van der Waals surface area contributed by atoms with Crippen LogP contribution in [-0.4, -0.2) is 42.9 Å². The predicted octanol–water partition coefficient (Wildman–Crippen LogP) is 0.710. The minimum absolute atomic E-state index is 0.503. The minimum Gasteiger partial charge on any atom is -0.332 e. The van der Waals surface area contributed by atoms with E-state index in [4.69, 9.17) is 11.6 Å². The van der Waals surface area contributed by atoms with E-state index in [1.54, 1.807) is 24.3 Å². The maximum absolute atomic E-state index is 11.8. The smallest absolute Gasteiger partial charge is 0.313 e. The van der Waals surface area contributed by atoms with Crippen LogP contribution in [0, 0.1) is 0 Å². The Bertz CT molecular complexity index is 458. The van der Waals surface area contributed by atoms with Crippen LogP contribution < -0.4 is 10.6 Å². The number of nitrogens with zero attached hydrogens (tertiary/aromatic N) is 1. The molecule has 0 bridgehead atoms. The molecule has 6 heteroatoms. The Hall–Kier alpha value is -1.59. The molecule has 2 N–H and O–H groups in total. The van der Waals surface area contributed by atoms with Crippen LogP contribution in [0.2, 0.25) is 5.02 Å². The molecule has 5 nitrogen and oxygen atoms in total. The monoisotopic (exact) mass is 267 g/mol. The molecule has 0 radical (unpaired) electrons. The Kier molecular flexibility index (Phi) is 4.17. The Morgan fingerprint density at radius 3 is 2.67 bits per heavy atom. The van der Waals surface area contributed by atoms with Gasteiger partial charge in [0.05, 0.1) is 0 Å². The van der Waals surface area contributed by atoms with Gasteiger partial charge in [-0.2, -0.15) is 0 Å². The molecule has 2 rings (SSSR count). The summed E-state index contributed by atoms with van der Waals surface area (Å²) in [6.07, 6.45) is 0. The van der Waals surface area contributed by atoms with Gasteiger partial charge in [0, 0.05) is 36.9 Å². The van der Waals surface area contributed by atoms with Crippen LogP contribution in [0.15, 0.2) is 24.3 Å². The number of benzene rings is 1. The van der Waals surface area contributed by atoms with Gasteiger partial charge in [0.15, 0.2) is 0 Å². The molecule has 1 heterocycles. The van der Waals surface area contributed by atoms with Crippen molar-refractivity contribution in [3.8, 4) is 0 Å². The average molecular weight is 268 g/mol. The molecule has 0 unspecified atom stereocenters. The van der Waals surface area contributed by atoms with Crippen molar-refractivity contribution in [3.05, 3.63) is 29.3 Å². The lowest BCUT2D eigenvalue weighted by Gasteiger charge is -2.26. The van der Waals surface area contributed by atoms with Crippen LogP contribution in [0.1, 0.15) is 0 Å². The summed E-state index contributed by atoms with van der Waals surface area (Å²) < 4.78 is 0. The van der Waals surface area contributed by atoms with Crippen molar-refractivity contribution < 1.29 is 9.59 Å². The highest BCUT2D eigenvalue weighted by Gasteiger charge is 2.23. The molecule has 1 aliphatic heterocycles. The predicted molar refractivity (Wildman–Crippen MR) is 69.5 cm³/mol. The molecule has 0 aromatic heterocycles. The average Bonchev–Trinajstić information content (AvgIpc) is 2.39. The molecular formula is C12H14ClN3O2. The summed E-state index contributed by atoms with van der Waals surface area (Å²) in [5, 5.41) is 6.18. The lowest BCUT2D eigenvalue weighted by molar-refractivity contribution is -0.143. The Balaban J connectivity index is 1.96. The summed E-state index contributed by atoms with van der Waals surface area (Å²) in [5.41, 5.74) is 0.524. The van der Waals surface area contributed by atoms with E-state index in [1.165, 1.54) is 4.90 Å². The first kappa shape index (κ1) is 12.9. The van der Waals surface area contributed by atoms with E-state index in [9.17, 15) is 9.59 Å². The molecule has 1 fully saturated rings. The topological polar surface area (TPSA) is 61.4 Å². The molecule has 0 saturated carbocycles. The minimum atomic E-state index is -0.626. The van der Waals surface area contributed by atoms with Gasteiger partial charge in [-0.15, -0.1) is 0 Å². The van der Waals surface area contributed by atoms with Crippen LogP contribution in [0.3, 0.4) is 0 Å². The van der Waals surface area contributed by atoms with Gasteiger partial charge in [-0.1, -0.05) is 17.7 Å². The van der Waals surface area contributed by atoms with Gasteiger partial charge in [0.2, 0.25) is 0 Å². The van der Waals surface area contributed by atoms with Gasteiger partial charge in [0.1, 0.15) is 0 Å². The molecular weight excluding hydrogens is 254 g/mol. The Morgan fingerprint density at radius 2 is 2.00 bits per heavy atom. The molecule has 1 saturated heterocycles. The van der Waals surface area contributed by atoms with E-state index in [1.807, 2.05) is 0 Å². The van der Waals surface area contributed by atoms with E-state index in [2.05, 4.69) is 10.6 Å². The largest absolute Gasteiger partial charge is 0.332 e. The molecule has 2 amide bonds. The second-order valence-electron chi connectivity index (χ2n) is 4.01. The Morgan fingerprint density at radius 1 is 1.28 bits per heavy atom. The van der Waals surface area contributed by atoms with Crippen molar-refractivity contribution >= 4 is 29.1 Å². The molecule has 1 aromatic carbocycles. The standard InChI is InChI=1S/C12H14ClN3O2/c13-9-2-1-3-10(8-9)15-11(17)12(18)16-6-4-14-5-7-16/h1-3,8,14H,4-7H2,(H,15,17). The van der Waals surface area contributed by atoms with E-state index in [0.717, 1.165) is 13.1 Å². The van der Waals surface area contributed by atoms with Crippen molar-refractivity contribution in [2.45, 2.75) is 0 Å². The van der Waals surface area contributed by atoms with Gasteiger partial charge in [-0.3, -0.25) is 9.59 Å². The molecule has 1 aliphatic rings. The molecule has 0 spiro atoms. The summed E-state index contributed by atoms with van der Waals surface area (Å²) in [6, 6.07) is 6.71. The highest BCUT2D eigenvalue weighted by atomic mass is 35.5. The van der Waals surface area contributed by atoms with Crippen molar-refractivity contribution in [1.82, 2.24) is 10.2 Å². The highest BCUT2D eigenvalue weighted by molar-refractivity contribution is 6.39. The third kappa shape index (κ3) is 3.21. The number of halogens is 1. The van der Waals surface area contributed by atoms with Crippen LogP contribution in [0.4, 0.5) is 5.69 Å². The summed E-state index contributed by atoms with van der Waals surface area (Å²) >= 11 is 5.80. The van der Waals surface area contributed by atoms with Gasteiger partial charge < -0.3 is 15.5 Å². The van der Waals surface area contributed by atoms with Crippen molar-refractivity contribution in [2.24, 2.45) is 0 Å². The van der Waals surface area contributed by atoms with Gasteiger partial charge in [0.25, 0.3) is 0 Å². The third-order valence-electron chi connectivity index (χ3n) is 2.68. The number of anilines is 1. The van der Waals surface area contributed by atoms with E-state index < -0.39 is 11.8 Å². The molecule has 1 aromatic rings. The number of amides is 2. The van der Waals surface area contributed by atoms with Crippen LogP contribution in [-0.2, 0) is 9.59 Å². The van der Waals surface area contributed by atoms with Crippen molar-refractivity contribution in [1.29, 1.82) is 0 Å². The number of piperazine rings is 1. The molecule has 0 aliphatic carbocycles. The number of hydrogen-bond acceptors (Lipinski definition) is 3. The van der Waals surface area contributed by atoms with Crippen LogP contribution in [0.25, 0.3) is 0 Å². The zero-order valence-electron chi connectivity index (χ0n) is 9.78. The highest BCUT2D eigenvalue weighted by Crippen LogP contribution is 2.14. The van der Waals surface area contributed by atoms with E-state index in [-0.39, 0.29) is 0 Å².